The van der Waals surface area contributed by atoms with Gasteiger partial charge >= 0.3 is 0 Å². The van der Waals surface area contributed by atoms with Crippen molar-refractivity contribution in [2.24, 2.45) is 0 Å². The van der Waals surface area contributed by atoms with Gasteiger partial charge in [0.1, 0.15) is 0 Å². The summed E-state index contributed by atoms with van der Waals surface area (Å²) < 4.78 is 0. The number of alkyl halides is 1. The van der Waals surface area contributed by atoms with E-state index in [9.17, 15) is 9.59 Å². The third-order valence-corrected chi connectivity index (χ3v) is 3.37. The number of hydrogen-bond donors (Lipinski definition) is 0. The molecule has 0 unspecified atom stereocenters. The Kier molecular flexibility index (Phi) is 3.14. The summed E-state index contributed by atoms with van der Waals surface area (Å²) >= 11 is 5.55. The van der Waals surface area contributed by atoms with E-state index in [-0.39, 0.29) is 5.88 Å². The van der Waals surface area contributed by atoms with Crippen LogP contribution < -0.4 is 0 Å². The standard InChI is InChI=1S/C17H9ClO2/c18-9-3-4-11-7-8-14-15(10-11)12-5-1-2-6-13(12)16(19)17(14)20/h1-2,5-8,10H,9H2. The molecule has 0 saturated heterocycles. The molecule has 3 heteroatoms. The summed E-state index contributed by atoms with van der Waals surface area (Å²) in [5, 5.41) is 0. The molecule has 0 spiro atoms. The van der Waals surface area contributed by atoms with Crippen LogP contribution in [0.3, 0.4) is 0 Å². The summed E-state index contributed by atoms with van der Waals surface area (Å²) in [5.41, 5.74) is 3.20. The van der Waals surface area contributed by atoms with Gasteiger partial charge in [0.15, 0.2) is 0 Å². The first kappa shape index (κ1) is 12.7. The number of carbonyl (C=O) groups is 2. The normalized spacial score (nSPS) is 12.2. The van der Waals surface area contributed by atoms with Gasteiger partial charge in [-0.1, -0.05) is 36.1 Å². The zero-order chi connectivity index (χ0) is 14.1. The predicted molar refractivity (Wildman–Crippen MR) is 78.1 cm³/mol. The molecule has 0 heterocycles. The lowest BCUT2D eigenvalue weighted by Crippen LogP contribution is -2.21. The van der Waals surface area contributed by atoms with Gasteiger partial charge in [0.05, 0.1) is 5.88 Å². The van der Waals surface area contributed by atoms with E-state index in [0.717, 1.165) is 16.7 Å². The van der Waals surface area contributed by atoms with Crippen LogP contribution in [0.4, 0.5) is 0 Å². The Morgan fingerprint density at radius 2 is 1.50 bits per heavy atom. The van der Waals surface area contributed by atoms with Crippen LogP contribution in [0.1, 0.15) is 26.3 Å². The van der Waals surface area contributed by atoms with Gasteiger partial charge in [0.25, 0.3) is 0 Å². The van der Waals surface area contributed by atoms with Crippen LogP contribution in [0.2, 0.25) is 0 Å². The lowest BCUT2D eigenvalue weighted by molar-refractivity contribution is 0.0815. The van der Waals surface area contributed by atoms with Crippen molar-refractivity contribution in [2.75, 3.05) is 5.88 Å². The molecular weight excluding hydrogens is 272 g/mol. The highest BCUT2D eigenvalue weighted by Gasteiger charge is 2.29. The molecular formula is C17H9ClO2. The van der Waals surface area contributed by atoms with E-state index in [1.54, 1.807) is 24.3 Å². The van der Waals surface area contributed by atoms with E-state index in [2.05, 4.69) is 11.8 Å². The van der Waals surface area contributed by atoms with E-state index in [4.69, 9.17) is 11.6 Å². The largest absolute Gasteiger partial charge is 0.285 e. The number of benzene rings is 2. The zero-order valence-electron chi connectivity index (χ0n) is 10.4. The highest BCUT2D eigenvalue weighted by Crippen LogP contribution is 2.33. The van der Waals surface area contributed by atoms with Gasteiger partial charge in [-0.25, -0.2) is 0 Å². The van der Waals surface area contributed by atoms with Gasteiger partial charge in [-0.2, -0.15) is 0 Å². The number of ketones is 2. The number of hydrogen-bond acceptors (Lipinski definition) is 2. The van der Waals surface area contributed by atoms with Gasteiger partial charge in [-0.15, -0.1) is 11.6 Å². The minimum Gasteiger partial charge on any atom is -0.285 e. The number of carbonyl (C=O) groups excluding carboxylic acids is 2. The van der Waals surface area contributed by atoms with Crippen molar-refractivity contribution >= 4 is 23.2 Å². The van der Waals surface area contributed by atoms with Gasteiger partial charge in [-0.3, -0.25) is 9.59 Å². The molecule has 0 aromatic heterocycles. The van der Waals surface area contributed by atoms with Crippen LogP contribution in [0.5, 0.6) is 0 Å². The molecule has 0 aliphatic heterocycles. The Bertz CT molecular complexity index is 794. The molecule has 20 heavy (non-hydrogen) atoms. The zero-order valence-corrected chi connectivity index (χ0v) is 11.2. The maximum atomic E-state index is 12.1. The van der Waals surface area contributed by atoms with E-state index < -0.39 is 11.6 Å². The van der Waals surface area contributed by atoms with E-state index in [0.29, 0.717) is 11.1 Å². The second kappa shape index (κ2) is 4.96. The summed E-state index contributed by atoms with van der Waals surface area (Å²) in [7, 11) is 0. The molecule has 2 nitrogen and oxygen atoms in total. The molecule has 0 atom stereocenters. The first-order valence-corrected chi connectivity index (χ1v) is 6.63. The highest BCUT2D eigenvalue weighted by atomic mass is 35.5. The summed E-state index contributed by atoms with van der Waals surface area (Å²) in [4.78, 5) is 24.1. The lowest BCUT2D eigenvalue weighted by atomic mass is 9.83. The third kappa shape index (κ3) is 1.93. The minimum atomic E-state index is -0.462. The Balaban J connectivity index is 2.26. The highest BCUT2D eigenvalue weighted by molar-refractivity contribution is 6.53. The molecule has 0 radical (unpaired) electrons. The summed E-state index contributed by atoms with van der Waals surface area (Å²) in [6.45, 7) is 0. The summed E-state index contributed by atoms with van der Waals surface area (Å²) in [6, 6.07) is 12.3. The number of Topliss-reactive ketones (excluding diaryl/α,β-unsaturated/α-hetero) is 2. The maximum Gasteiger partial charge on any atom is 0.234 e. The fraction of sp³-hybridized carbons (Fsp3) is 0.0588. The van der Waals surface area contributed by atoms with E-state index >= 15 is 0 Å². The topological polar surface area (TPSA) is 34.1 Å². The van der Waals surface area contributed by atoms with Crippen molar-refractivity contribution in [2.45, 2.75) is 0 Å². The van der Waals surface area contributed by atoms with Gasteiger partial charge in [-0.05, 0) is 29.3 Å². The summed E-state index contributed by atoms with van der Waals surface area (Å²) in [6.07, 6.45) is 0. The third-order valence-electron chi connectivity index (χ3n) is 3.23. The number of halogens is 1. The fourth-order valence-corrected chi connectivity index (χ4v) is 2.41. The van der Waals surface area contributed by atoms with Crippen LogP contribution in [0.25, 0.3) is 11.1 Å². The Morgan fingerprint density at radius 1 is 0.850 bits per heavy atom. The average molecular weight is 281 g/mol. The van der Waals surface area contributed by atoms with Crippen molar-refractivity contribution in [1.29, 1.82) is 0 Å². The minimum absolute atomic E-state index is 0.255. The molecule has 96 valence electrons. The van der Waals surface area contributed by atoms with Crippen LogP contribution in [0, 0.1) is 11.8 Å². The molecule has 2 aromatic rings. The predicted octanol–water partition coefficient (Wildman–Crippen LogP) is 3.32. The van der Waals surface area contributed by atoms with Crippen molar-refractivity contribution in [3.63, 3.8) is 0 Å². The van der Waals surface area contributed by atoms with Crippen LogP contribution in [0.15, 0.2) is 42.5 Å². The Morgan fingerprint density at radius 3 is 2.20 bits per heavy atom. The van der Waals surface area contributed by atoms with Gasteiger partial charge < -0.3 is 0 Å². The molecule has 0 amide bonds. The van der Waals surface area contributed by atoms with E-state index in [1.807, 2.05) is 18.2 Å². The number of fused-ring (bicyclic) bond motifs is 3. The lowest BCUT2D eigenvalue weighted by Gasteiger charge is -2.17. The van der Waals surface area contributed by atoms with Gasteiger partial charge in [0, 0.05) is 16.7 Å². The first-order chi connectivity index (χ1) is 9.72. The smallest absolute Gasteiger partial charge is 0.234 e. The Labute approximate surface area is 121 Å². The molecule has 0 bridgehead atoms. The van der Waals surface area contributed by atoms with Crippen molar-refractivity contribution in [3.05, 3.63) is 59.2 Å². The van der Waals surface area contributed by atoms with Crippen LogP contribution >= 0.6 is 11.6 Å². The average Bonchev–Trinajstić information content (AvgIpc) is 2.50. The second-order valence-corrected chi connectivity index (χ2v) is 4.67. The monoisotopic (exact) mass is 280 g/mol. The van der Waals surface area contributed by atoms with Crippen molar-refractivity contribution < 1.29 is 9.59 Å². The second-order valence-electron chi connectivity index (χ2n) is 4.40. The maximum absolute atomic E-state index is 12.1. The van der Waals surface area contributed by atoms with Gasteiger partial charge in [0.2, 0.25) is 11.6 Å². The molecule has 0 saturated carbocycles. The SMILES string of the molecule is O=C1C(=O)c2ccc(C#CCCl)cc2-c2ccccc21. The van der Waals surface area contributed by atoms with Crippen molar-refractivity contribution in [1.82, 2.24) is 0 Å². The number of rotatable bonds is 0. The molecule has 1 aliphatic carbocycles. The molecule has 0 fully saturated rings. The molecule has 2 aromatic carbocycles. The Hall–Kier alpha value is -2.37. The van der Waals surface area contributed by atoms with Crippen molar-refractivity contribution in [3.8, 4) is 23.0 Å². The molecule has 1 aliphatic rings. The van der Waals surface area contributed by atoms with Crippen LogP contribution in [-0.4, -0.2) is 17.4 Å². The molecule has 0 N–H and O–H groups in total. The quantitative estimate of drug-likeness (QED) is 0.421. The van der Waals surface area contributed by atoms with E-state index in [1.165, 1.54) is 0 Å². The first-order valence-electron chi connectivity index (χ1n) is 6.09. The fourth-order valence-electron chi connectivity index (χ4n) is 2.34. The summed E-state index contributed by atoms with van der Waals surface area (Å²) in [5.74, 6) is 5.04. The molecule has 3 rings (SSSR count). The van der Waals surface area contributed by atoms with Crippen LogP contribution in [-0.2, 0) is 0 Å².